The lowest BCUT2D eigenvalue weighted by molar-refractivity contribution is 1.23. The predicted molar refractivity (Wildman–Crippen MR) is 64.9 cm³/mol. The second kappa shape index (κ2) is 3.43. The first-order chi connectivity index (χ1) is 7.33. The van der Waals surface area contributed by atoms with Gasteiger partial charge in [-0.15, -0.1) is 11.3 Å². The zero-order chi connectivity index (χ0) is 10.3. The Morgan fingerprint density at radius 2 is 2.33 bits per heavy atom. The Bertz CT molecular complexity index is 600. The van der Waals surface area contributed by atoms with Gasteiger partial charge in [0.1, 0.15) is 10.1 Å². The van der Waals surface area contributed by atoms with Gasteiger partial charge in [-0.25, -0.2) is 9.97 Å². The number of halogens is 1. The third-order valence-corrected chi connectivity index (χ3v) is 3.38. The zero-order valence-electron chi connectivity index (χ0n) is 7.57. The highest BCUT2D eigenvalue weighted by Crippen LogP contribution is 2.26. The molecule has 0 unspecified atom stereocenters. The van der Waals surface area contributed by atoms with Gasteiger partial charge in [-0.1, -0.05) is 6.07 Å². The van der Waals surface area contributed by atoms with Crippen LogP contribution < -0.4 is 0 Å². The zero-order valence-corrected chi connectivity index (χ0v) is 9.97. The summed E-state index contributed by atoms with van der Waals surface area (Å²) in [4.78, 5) is 13.0. The first-order valence-corrected chi connectivity index (χ1v) is 6.05. The molecule has 0 fully saturated rings. The molecular formula is C10H6BrN3S. The smallest absolute Gasteiger partial charge is 0.156 e. The van der Waals surface area contributed by atoms with Crippen LogP contribution in [0.3, 0.4) is 0 Å². The van der Waals surface area contributed by atoms with Crippen molar-refractivity contribution in [1.29, 1.82) is 0 Å². The minimum Gasteiger partial charge on any atom is -0.337 e. The lowest BCUT2D eigenvalue weighted by atomic mass is 10.3. The van der Waals surface area contributed by atoms with Gasteiger partial charge in [-0.3, -0.25) is 0 Å². The molecule has 0 bridgehead atoms. The summed E-state index contributed by atoms with van der Waals surface area (Å²) in [6.45, 7) is 0. The molecule has 0 atom stereocenters. The van der Waals surface area contributed by atoms with E-state index in [2.05, 4.69) is 42.3 Å². The van der Waals surface area contributed by atoms with Gasteiger partial charge in [0.2, 0.25) is 0 Å². The van der Waals surface area contributed by atoms with Gasteiger partial charge in [-0.2, -0.15) is 0 Å². The van der Waals surface area contributed by atoms with Crippen LogP contribution in [-0.4, -0.2) is 15.0 Å². The van der Waals surface area contributed by atoms with Gasteiger partial charge in [0.25, 0.3) is 0 Å². The van der Waals surface area contributed by atoms with Crippen molar-refractivity contribution in [2.75, 3.05) is 0 Å². The Morgan fingerprint density at radius 3 is 3.13 bits per heavy atom. The minimum absolute atomic E-state index is 0.756. The molecule has 5 heteroatoms. The Labute approximate surface area is 98.3 Å². The van der Waals surface area contributed by atoms with Gasteiger partial charge >= 0.3 is 0 Å². The summed E-state index contributed by atoms with van der Waals surface area (Å²) in [5.74, 6) is 0. The van der Waals surface area contributed by atoms with Crippen molar-refractivity contribution in [1.82, 2.24) is 15.0 Å². The molecule has 74 valence electrons. The maximum Gasteiger partial charge on any atom is 0.156 e. The molecule has 0 radical (unpaired) electrons. The average molecular weight is 280 g/mol. The van der Waals surface area contributed by atoms with E-state index in [1.54, 1.807) is 17.5 Å². The highest BCUT2D eigenvalue weighted by Gasteiger charge is 2.05. The number of H-pyrrole nitrogens is 1. The number of aromatic amines is 1. The molecule has 0 spiro atoms. The average Bonchev–Trinajstić information content (AvgIpc) is 2.84. The van der Waals surface area contributed by atoms with E-state index in [0.717, 1.165) is 21.5 Å². The molecular weight excluding hydrogens is 274 g/mol. The summed E-state index contributed by atoms with van der Waals surface area (Å²) < 4.78 is 0.756. The number of rotatable bonds is 1. The number of thiophene rings is 1. The Balaban J connectivity index is 2.22. The van der Waals surface area contributed by atoms with Gasteiger partial charge in [0.05, 0.1) is 16.8 Å². The molecule has 3 heterocycles. The molecule has 3 rings (SSSR count). The fourth-order valence-corrected chi connectivity index (χ4v) is 2.43. The van der Waals surface area contributed by atoms with Crippen molar-refractivity contribution in [2.45, 2.75) is 0 Å². The molecule has 0 aromatic carbocycles. The number of aromatic nitrogens is 3. The van der Waals surface area contributed by atoms with E-state index in [1.165, 1.54) is 4.88 Å². The van der Waals surface area contributed by atoms with Crippen molar-refractivity contribution >= 4 is 38.4 Å². The maximum absolute atomic E-state index is 4.33. The molecule has 0 amide bonds. The van der Waals surface area contributed by atoms with Crippen LogP contribution >= 0.6 is 27.3 Å². The van der Waals surface area contributed by atoms with E-state index in [9.17, 15) is 0 Å². The summed E-state index contributed by atoms with van der Waals surface area (Å²) in [6, 6.07) is 6.12. The molecule has 3 nitrogen and oxygen atoms in total. The van der Waals surface area contributed by atoms with Crippen LogP contribution in [-0.2, 0) is 0 Å². The lowest BCUT2D eigenvalue weighted by Crippen LogP contribution is -1.80. The van der Waals surface area contributed by atoms with Crippen molar-refractivity contribution in [2.24, 2.45) is 0 Å². The van der Waals surface area contributed by atoms with Crippen LogP contribution in [0.4, 0.5) is 0 Å². The van der Waals surface area contributed by atoms with Crippen LogP contribution in [0.15, 0.2) is 34.4 Å². The normalized spacial score (nSPS) is 11.0. The largest absolute Gasteiger partial charge is 0.337 e. The van der Waals surface area contributed by atoms with Crippen LogP contribution in [0.25, 0.3) is 21.7 Å². The van der Waals surface area contributed by atoms with Crippen LogP contribution in [0, 0.1) is 0 Å². The monoisotopic (exact) mass is 279 g/mol. The van der Waals surface area contributed by atoms with Gasteiger partial charge < -0.3 is 4.98 Å². The van der Waals surface area contributed by atoms with E-state index in [1.807, 2.05) is 12.1 Å². The quantitative estimate of drug-likeness (QED) is 0.741. The van der Waals surface area contributed by atoms with Crippen molar-refractivity contribution in [3.8, 4) is 10.6 Å². The molecule has 3 aromatic rings. The van der Waals surface area contributed by atoms with Crippen LogP contribution in [0.5, 0.6) is 0 Å². The fourth-order valence-electron chi connectivity index (χ4n) is 1.44. The van der Waals surface area contributed by atoms with E-state index in [0.29, 0.717) is 0 Å². The summed E-state index contributed by atoms with van der Waals surface area (Å²) in [5.41, 5.74) is 2.77. The Morgan fingerprint density at radius 1 is 1.40 bits per heavy atom. The molecule has 0 aliphatic carbocycles. The minimum atomic E-state index is 0.756. The SMILES string of the molecule is Brc1cnc2[nH]c(-c3cccs3)cc2n1. The van der Waals surface area contributed by atoms with E-state index >= 15 is 0 Å². The van der Waals surface area contributed by atoms with Crippen LogP contribution in [0.2, 0.25) is 0 Å². The molecule has 1 N–H and O–H groups in total. The predicted octanol–water partition coefficient (Wildman–Crippen LogP) is 3.45. The number of nitrogens with one attached hydrogen (secondary N) is 1. The molecule has 0 aliphatic heterocycles. The van der Waals surface area contributed by atoms with E-state index in [4.69, 9.17) is 0 Å². The topological polar surface area (TPSA) is 41.6 Å². The third-order valence-electron chi connectivity index (χ3n) is 2.09. The second-order valence-electron chi connectivity index (χ2n) is 3.09. The van der Waals surface area contributed by atoms with Crippen LogP contribution in [0.1, 0.15) is 0 Å². The number of hydrogen-bond donors (Lipinski definition) is 1. The van der Waals surface area contributed by atoms with Crippen molar-refractivity contribution in [3.05, 3.63) is 34.4 Å². The van der Waals surface area contributed by atoms with E-state index < -0.39 is 0 Å². The number of fused-ring (bicyclic) bond motifs is 1. The van der Waals surface area contributed by atoms with Gasteiger partial charge in [-0.05, 0) is 33.4 Å². The van der Waals surface area contributed by atoms with Crippen molar-refractivity contribution < 1.29 is 0 Å². The van der Waals surface area contributed by atoms with Gasteiger partial charge in [0, 0.05) is 0 Å². The third kappa shape index (κ3) is 1.57. The fraction of sp³-hybridized carbons (Fsp3) is 0. The highest BCUT2D eigenvalue weighted by molar-refractivity contribution is 9.10. The highest BCUT2D eigenvalue weighted by atomic mass is 79.9. The molecule has 3 aromatic heterocycles. The second-order valence-corrected chi connectivity index (χ2v) is 4.85. The lowest BCUT2D eigenvalue weighted by Gasteiger charge is -1.88. The number of nitrogens with zero attached hydrogens (tertiary/aromatic N) is 2. The molecule has 0 aliphatic rings. The summed E-state index contributed by atoms with van der Waals surface area (Å²) in [7, 11) is 0. The molecule has 15 heavy (non-hydrogen) atoms. The Kier molecular flexibility index (Phi) is 2.07. The Hall–Kier alpha value is -1.20. The van der Waals surface area contributed by atoms with E-state index in [-0.39, 0.29) is 0 Å². The summed E-state index contributed by atoms with van der Waals surface area (Å²) in [5, 5.41) is 2.05. The van der Waals surface area contributed by atoms with Gasteiger partial charge in [0.15, 0.2) is 5.65 Å². The summed E-state index contributed by atoms with van der Waals surface area (Å²) >= 11 is 5.00. The molecule has 0 saturated carbocycles. The first kappa shape index (κ1) is 9.06. The molecule has 0 saturated heterocycles. The van der Waals surface area contributed by atoms with Crippen molar-refractivity contribution in [3.63, 3.8) is 0 Å². The number of hydrogen-bond acceptors (Lipinski definition) is 3. The summed E-state index contributed by atoms with van der Waals surface area (Å²) in [6.07, 6.45) is 1.69. The first-order valence-electron chi connectivity index (χ1n) is 4.38. The maximum atomic E-state index is 4.33. The standard InChI is InChI=1S/C10H6BrN3S/c11-9-5-12-10-7(13-9)4-6(14-10)8-2-1-3-15-8/h1-5H,(H,12,14).